The Hall–Kier alpha value is -3.01. The van der Waals surface area contributed by atoms with E-state index in [1.807, 2.05) is 80.6 Å². The van der Waals surface area contributed by atoms with Crippen molar-refractivity contribution in [3.63, 3.8) is 0 Å². The van der Waals surface area contributed by atoms with Crippen molar-refractivity contribution in [2.75, 3.05) is 0 Å². The Balaban J connectivity index is 1.84. The number of rotatable bonds is 4. The smallest absolute Gasteiger partial charge is 0.187 e. The fourth-order valence-corrected chi connectivity index (χ4v) is 2.07. The van der Waals surface area contributed by atoms with E-state index in [1.54, 1.807) is 0 Å². The number of azo groups is 1. The normalized spacial score (nSPS) is 11.6. The van der Waals surface area contributed by atoms with Crippen molar-refractivity contribution < 1.29 is 4.52 Å². The van der Waals surface area contributed by atoms with Crippen molar-refractivity contribution in [3.8, 4) is 0 Å². The van der Waals surface area contributed by atoms with E-state index in [9.17, 15) is 0 Å². The van der Waals surface area contributed by atoms with Crippen LogP contribution in [0.25, 0.3) is 12.2 Å². The number of nitrogens with zero attached hydrogens (tertiary/aromatic N) is 3. The molecule has 0 aliphatic rings. The average Bonchev–Trinajstić information content (AvgIpc) is 2.93. The SMILES string of the molecule is Cc1ccc(N=Nc2c(C)noc2/C=C\c2ccccc2)cc1. The van der Waals surface area contributed by atoms with Crippen LogP contribution in [0.15, 0.2) is 69.3 Å². The number of aryl methyl sites for hydroxylation is 2. The molecule has 4 heteroatoms. The fraction of sp³-hybridized carbons (Fsp3) is 0.105. The van der Waals surface area contributed by atoms with Gasteiger partial charge in [0.1, 0.15) is 5.69 Å². The first kappa shape index (κ1) is 14.9. The second-order valence-electron chi connectivity index (χ2n) is 5.26. The first-order chi connectivity index (χ1) is 11.2. The molecule has 0 spiro atoms. The molecule has 0 saturated heterocycles. The molecule has 3 rings (SSSR count). The Bertz CT molecular complexity index is 831. The number of aromatic nitrogens is 1. The molecule has 2 aromatic carbocycles. The van der Waals surface area contributed by atoms with Crippen LogP contribution in [0, 0.1) is 13.8 Å². The fourth-order valence-electron chi connectivity index (χ4n) is 2.07. The number of hydrogen-bond acceptors (Lipinski definition) is 4. The zero-order valence-electron chi connectivity index (χ0n) is 13.1. The summed E-state index contributed by atoms with van der Waals surface area (Å²) in [5.41, 5.74) is 4.44. The van der Waals surface area contributed by atoms with Crippen LogP contribution in [0.3, 0.4) is 0 Å². The Morgan fingerprint density at radius 1 is 0.870 bits per heavy atom. The van der Waals surface area contributed by atoms with E-state index in [2.05, 4.69) is 15.4 Å². The van der Waals surface area contributed by atoms with Gasteiger partial charge in [0.25, 0.3) is 0 Å². The standard InChI is InChI=1S/C19H17N3O/c1-14-8-11-17(12-9-14)20-21-19-15(2)22-23-18(19)13-10-16-6-4-3-5-7-16/h3-13H,1-2H3/b13-10-,21-20?. The van der Waals surface area contributed by atoms with E-state index in [1.165, 1.54) is 5.56 Å². The van der Waals surface area contributed by atoms with Crippen LogP contribution in [-0.4, -0.2) is 5.16 Å². The highest BCUT2D eigenvalue weighted by atomic mass is 16.5. The predicted molar refractivity (Wildman–Crippen MR) is 92.0 cm³/mol. The van der Waals surface area contributed by atoms with Gasteiger partial charge >= 0.3 is 0 Å². The molecule has 0 atom stereocenters. The summed E-state index contributed by atoms with van der Waals surface area (Å²) in [6.45, 7) is 3.89. The van der Waals surface area contributed by atoms with Gasteiger partial charge in [-0.25, -0.2) is 0 Å². The van der Waals surface area contributed by atoms with Gasteiger partial charge in [-0.3, -0.25) is 0 Å². The lowest BCUT2D eigenvalue weighted by atomic mass is 10.2. The Kier molecular flexibility index (Phi) is 4.43. The quantitative estimate of drug-likeness (QED) is 0.565. The van der Waals surface area contributed by atoms with Crippen molar-refractivity contribution in [2.45, 2.75) is 13.8 Å². The van der Waals surface area contributed by atoms with Crippen molar-refractivity contribution in [2.24, 2.45) is 10.2 Å². The minimum Gasteiger partial charge on any atom is -0.354 e. The largest absolute Gasteiger partial charge is 0.354 e. The molecule has 0 aliphatic carbocycles. The molecule has 1 heterocycles. The summed E-state index contributed by atoms with van der Waals surface area (Å²) in [6, 6.07) is 17.9. The molecule has 0 fully saturated rings. The highest BCUT2D eigenvalue weighted by Crippen LogP contribution is 2.27. The van der Waals surface area contributed by atoms with Crippen LogP contribution in [-0.2, 0) is 0 Å². The zero-order valence-corrected chi connectivity index (χ0v) is 13.1. The summed E-state index contributed by atoms with van der Waals surface area (Å²) in [5.74, 6) is 0.599. The van der Waals surface area contributed by atoms with Crippen LogP contribution in [0.4, 0.5) is 11.4 Å². The third-order valence-electron chi connectivity index (χ3n) is 3.38. The molecule has 23 heavy (non-hydrogen) atoms. The van der Waals surface area contributed by atoms with E-state index in [0.717, 1.165) is 11.3 Å². The van der Waals surface area contributed by atoms with Gasteiger partial charge in [0.15, 0.2) is 11.4 Å². The molecular formula is C19H17N3O. The molecule has 0 unspecified atom stereocenters. The van der Waals surface area contributed by atoms with E-state index < -0.39 is 0 Å². The minimum atomic E-state index is 0.599. The molecule has 0 radical (unpaired) electrons. The molecule has 1 aromatic heterocycles. The molecule has 3 aromatic rings. The second kappa shape index (κ2) is 6.83. The van der Waals surface area contributed by atoms with E-state index in [4.69, 9.17) is 4.52 Å². The van der Waals surface area contributed by atoms with Gasteiger partial charge in [-0.05, 0) is 37.6 Å². The van der Waals surface area contributed by atoms with Crippen molar-refractivity contribution >= 4 is 23.5 Å². The first-order valence-corrected chi connectivity index (χ1v) is 7.40. The molecule has 0 saturated carbocycles. The Labute approximate surface area is 135 Å². The molecule has 114 valence electrons. The molecule has 0 N–H and O–H groups in total. The molecule has 0 amide bonds. The van der Waals surface area contributed by atoms with Crippen molar-refractivity contribution in [3.05, 3.63) is 77.2 Å². The number of hydrogen-bond donors (Lipinski definition) is 0. The summed E-state index contributed by atoms with van der Waals surface area (Å²) < 4.78 is 5.33. The van der Waals surface area contributed by atoms with Gasteiger partial charge in [-0.2, -0.15) is 5.11 Å². The summed E-state index contributed by atoms with van der Waals surface area (Å²) in [7, 11) is 0. The van der Waals surface area contributed by atoms with Crippen molar-refractivity contribution in [1.29, 1.82) is 0 Å². The summed E-state index contributed by atoms with van der Waals surface area (Å²) in [5, 5.41) is 12.5. The lowest BCUT2D eigenvalue weighted by Crippen LogP contribution is -1.72. The third-order valence-corrected chi connectivity index (χ3v) is 3.38. The van der Waals surface area contributed by atoms with E-state index in [-0.39, 0.29) is 0 Å². The minimum absolute atomic E-state index is 0.599. The van der Waals surface area contributed by atoms with Crippen LogP contribution < -0.4 is 0 Å². The van der Waals surface area contributed by atoms with Crippen LogP contribution in [0.5, 0.6) is 0 Å². The van der Waals surface area contributed by atoms with Gasteiger partial charge in [-0.15, -0.1) is 5.11 Å². The average molecular weight is 303 g/mol. The molecule has 0 bridgehead atoms. The lowest BCUT2D eigenvalue weighted by Gasteiger charge is -1.94. The predicted octanol–water partition coefficient (Wildman–Crippen LogP) is 5.88. The van der Waals surface area contributed by atoms with Gasteiger partial charge in [-0.1, -0.05) is 59.3 Å². The van der Waals surface area contributed by atoms with E-state index in [0.29, 0.717) is 17.1 Å². The first-order valence-electron chi connectivity index (χ1n) is 7.40. The zero-order chi connectivity index (χ0) is 16.1. The van der Waals surface area contributed by atoms with Crippen LogP contribution >= 0.6 is 0 Å². The molecule has 4 nitrogen and oxygen atoms in total. The van der Waals surface area contributed by atoms with Gasteiger partial charge in [0.2, 0.25) is 0 Å². The highest BCUT2D eigenvalue weighted by Gasteiger charge is 2.09. The monoisotopic (exact) mass is 303 g/mol. The summed E-state index contributed by atoms with van der Waals surface area (Å²) >= 11 is 0. The number of benzene rings is 2. The maximum absolute atomic E-state index is 5.33. The van der Waals surface area contributed by atoms with Gasteiger partial charge in [0, 0.05) is 0 Å². The molecular weight excluding hydrogens is 286 g/mol. The molecule has 0 aliphatic heterocycles. The summed E-state index contributed by atoms with van der Waals surface area (Å²) in [4.78, 5) is 0. The Morgan fingerprint density at radius 3 is 2.35 bits per heavy atom. The maximum Gasteiger partial charge on any atom is 0.187 e. The second-order valence-corrected chi connectivity index (χ2v) is 5.26. The third kappa shape index (κ3) is 3.80. The van der Waals surface area contributed by atoms with Gasteiger partial charge in [0.05, 0.1) is 5.69 Å². The topological polar surface area (TPSA) is 50.8 Å². The van der Waals surface area contributed by atoms with E-state index >= 15 is 0 Å². The van der Waals surface area contributed by atoms with Crippen molar-refractivity contribution in [1.82, 2.24) is 5.16 Å². The Morgan fingerprint density at radius 2 is 1.61 bits per heavy atom. The maximum atomic E-state index is 5.33. The van der Waals surface area contributed by atoms with Crippen LogP contribution in [0.1, 0.15) is 22.6 Å². The summed E-state index contributed by atoms with van der Waals surface area (Å²) in [6.07, 6.45) is 3.82. The highest BCUT2D eigenvalue weighted by molar-refractivity contribution is 5.73. The van der Waals surface area contributed by atoms with Gasteiger partial charge < -0.3 is 4.52 Å². The lowest BCUT2D eigenvalue weighted by molar-refractivity contribution is 0.408. The van der Waals surface area contributed by atoms with Crippen LogP contribution in [0.2, 0.25) is 0 Å².